The van der Waals surface area contributed by atoms with Crippen molar-refractivity contribution in [3.63, 3.8) is 0 Å². The lowest BCUT2D eigenvalue weighted by molar-refractivity contribution is 0.0738. The molecule has 0 aliphatic carbocycles. The van der Waals surface area contributed by atoms with E-state index in [1.165, 1.54) is 5.30 Å². The van der Waals surface area contributed by atoms with Crippen LogP contribution in [-0.2, 0) is 4.74 Å². The number of nitrogens with zero attached hydrogens (tertiary/aromatic N) is 2. The zero-order valence-electron chi connectivity index (χ0n) is 17.6. The Morgan fingerprint density at radius 2 is 1.79 bits per heavy atom. The van der Waals surface area contributed by atoms with Crippen LogP contribution >= 0.6 is 19.4 Å². The lowest BCUT2D eigenvalue weighted by Gasteiger charge is -2.46. The normalized spacial score (nSPS) is 17.2. The van der Waals surface area contributed by atoms with Crippen LogP contribution in [0.15, 0.2) is 59.3 Å². The van der Waals surface area contributed by atoms with Gasteiger partial charge in [-0.1, -0.05) is 57.2 Å². The Balaban J connectivity index is 2.08. The summed E-state index contributed by atoms with van der Waals surface area (Å²) in [7, 11) is -0.518. The molecule has 1 fully saturated rings. The van der Waals surface area contributed by atoms with E-state index in [1.54, 1.807) is 7.11 Å². The van der Waals surface area contributed by atoms with Crippen LogP contribution in [0.1, 0.15) is 20.8 Å². The maximum absolute atomic E-state index is 5.75. The number of hydrogen-bond donors (Lipinski definition) is 1. The van der Waals surface area contributed by atoms with Crippen LogP contribution in [0.25, 0.3) is 0 Å². The van der Waals surface area contributed by atoms with Gasteiger partial charge in [-0.05, 0) is 24.4 Å². The van der Waals surface area contributed by atoms with E-state index in [9.17, 15) is 0 Å². The van der Waals surface area contributed by atoms with E-state index in [0.29, 0.717) is 5.11 Å². The van der Waals surface area contributed by atoms with Crippen LogP contribution in [0.3, 0.4) is 0 Å². The fraction of sp³-hybridized carbons (Fsp3) is 0.409. The summed E-state index contributed by atoms with van der Waals surface area (Å²) in [6.45, 7) is 9.94. The maximum atomic E-state index is 5.75. The highest BCUT2D eigenvalue weighted by atomic mass is 32.1. The molecule has 2 aromatic rings. The Morgan fingerprint density at radius 1 is 1.10 bits per heavy atom. The van der Waals surface area contributed by atoms with E-state index in [-0.39, 0.29) is 5.16 Å². The summed E-state index contributed by atoms with van der Waals surface area (Å²) in [6.07, 6.45) is 0. The molecule has 1 aliphatic rings. The summed E-state index contributed by atoms with van der Waals surface area (Å²) >= 11 is 5.75. The molecule has 0 radical (unpaired) electrons. The number of methoxy groups -OCH3 is 1. The topological polar surface area (TPSA) is 46.1 Å². The highest BCUT2D eigenvalue weighted by Crippen LogP contribution is 2.62. The smallest absolute Gasteiger partial charge is 0.197 e. The van der Waals surface area contributed by atoms with Crippen molar-refractivity contribution < 1.29 is 9.47 Å². The standard InChI is InChI=1S/C22H30N3O2PS/c1-22(2,3)28(20-11-6-5-7-12-20,25-13-15-27-16-14-25)24-21(29)23-18-9-8-10-19(17-18)26-4/h5-12,17H,13-16H2,1-4H3,(H,23,29). The molecule has 1 unspecified atom stereocenters. The Labute approximate surface area is 179 Å². The Kier molecular flexibility index (Phi) is 7.12. The van der Waals surface area contributed by atoms with Gasteiger partial charge in [0.2, 0.25) is 0 Å². The van der Waals surface area contributed by atoms with Gasteiger partial charge in [0.15, 0.2) is 5.11 Å². The van der Waals surface area contributed by atoms with Crippen LogP contribution in [0.5, 0.6) is 5.75 Å². The van der Waals surface area contributed by atoms with Crippen molar-refractivity contribution in [2.45, 2.75) is 25.9 Å². The second-order valence-corrected chi connectivity index (χ2v) is 12.1. The highest BCUT2D eigenvalue weighted by molar-refractivity contribution is 7.82. The van der Waals surface area contributed by atoms with E-state index >= 15 is 0 Å². The van der Waals surface area contributed by atoms with E-state index in [2.05, 4.69) is 55.0 Å². The van der Waals surface area contributed by atoms with Crippen LogP contribution in [0.4, 0.5) is 5.69 Å². The average molecular weight is 432 g/mol. The molecule has 3 rings (SSSR count). The molecule has 2 aromatic carbocycles. The Bertz CT molecular complexity index is 890. The van der Waals surface area contributed by atoms with Crippen molar-refractivity contribution in [1.82, 2.24) is 4.67 Å². The van der Waals surface area contributed by atoms with Gasteiger partial charge in [-0.15, -0.1) is 0 Å². The number of nitrogens with one attached hydrogen (secondary N) is 1. The van der Waals surface area contributed by atoms with Crippen molar-refractivity contribution >= 4 is 35.5 Å². The largest absolute Gasteiger partial charge is 0.497 e. The Hall–Kier alpha value is -1.72. The number of anilines is 1. The zero-order valence-corrected chi connectivity index (χ0v) is 19.3. The van der Waals surface area contributed by atoms with Crippen LogP contribution in [0, 0.1) is 0 Å². The lowest BCUT2D eigenvalue weighted by atomic mass is 10.3. The van der Waals surface area contributed by atoms with Crippen molar-refractivity contribution in [2.75, 3.05) is 38.7 Å². The molecular weight excluding hydrogens is 401 g/mol. The molecule has 1 atom stereocenters. The van der Waals surface area contributed by atoms with E-state index in [1.807, 2.05) is 30.3 Å². The first kappa shape index (κ1) is 22.0. The van der Waals surface area contributed by atoms with Gasteiger partial charge in [0, 0.05) is 35.3 Å². The molecule has 1 saturated heterocycles. The van der Waals surface area contributed by atoms with Gasteiger partial charge in [-0.25, -0.2) is 4.74 Å². The predicted molar refractivity (Wildman–Crippen MR) is 127 cm³/mol. The summed E-state index contributed by atoms with van der Waals surface area (Å²) in [5.74, 6) is 0.783. The van der Waals surface area contributed by atoms with Gasteiger partial charge in [0.1, 0.15) is 5.75 Å². The number of rotatable bonds is 4. The highest BCUT2D eigenvalue weighted by Gasteiger charge is 2.41. The molecule has 0 spiro atoms. The van der Waals surface area contributed by atoms with Crippen LogP contribution in [-0.4, -0.2) is 48.4 Å². The molecule has 7 heteroatoms. The van der Waals surface area contributed by atoms with Crippen LogP contribution in [0.2, 0.25) is 0 Å². The summed E-state index contributed by atoms with van der Waals surface area (Å²) < 4.78 is 18.8. The maximum Gasteiger partial charge on any atom is 0.197 e. The third kappa shape index (κ3) is 4.89. The molecule has 0 saturated carbocycles. The first-order valence-corrected chi connectivity index (χ1v) is 11.9. The molecule has 0 amide bonds. The van der Waals surface area contributed by atoms with Gasteiger partial charge >= 0.3 is 0 Å². The van der Waals surface area contributed by atoms with E-state index in [0.717, 1.165) is 37.7 Å². The molecular formula is C22H30N3O2PS. The summed E-state index contributed by atoms with van der Waals surface area (Å²) in [5, 5.41) is 4.95. The quantitative estimate of drug-likeness (QED) is 0.547. The van der Waals surface area contributed by atoms with Gasteiger partial charge in [0.25, 0.3) is 0 Å². The number of ether oxygens (including phenoxy) is 2. The molecule has 156 valence electrons. The fourth-order valence-electron chi connectivity index (χ4n) is 3.71. The molecule has 29 heavy (non-hydrogen) atoms. The molecule has 1 N–H and O–H groups in total. The second kappa shape index (κ2) is 9.40. The lowest BCUT2D eigenvalue weighted by Crippen LogP contribution is -2.43. The van der Waals surface area contributed by atoms with E-state index < -0.39 is 7.21 Å². The zero-order chi connectivity index (χ0) is 20.9. The number of thiocarbonyl (C=S) groups is 1. The van der Waals surface area contributed by atoms with Crippen molar-refractivity contribution in [1.29, 1.82) is 0 Å². The van der Waals surface area contributed by atoms with Gasteiger partial charge in [-0.2, -0.15) is 0 Å². The average Bonchev–Trinajstić information content (AvgIpc) is 2.72. The molecule has 5 nitrogen and oxygen atoms in total. The second-order valence-electron chi connectivity index (χ2n) is 7.94. The number of morpholine rings is 1. The Morgan fingerprint density at radius 3 is 2.41 bits per heavy atom. The third-order valence-electron chi connectivity index (χ3n) is 5.01. The molecule has 1 heterocycles. The fourth-order valence-corrected chi connectivity index (χ4v) is 8.31. The number of benzene rings is 2. The molecule has 0 bridgehead atoms. The summed E-state index contributed by atoms with van der Waals surface area (Å²) in [6, 6.07) is 18.3. The van der Waals surface area contributed by atoms with Crippen LogP contribution < -0.4 is 15.4 Å². The monoisotopic (exact) mass is 431 g/mol. The first-order valence-electron chi connectivity index (χ1n) is 9.83. The van der Waals surface area contributed by atoms with Gasteiger partial charge in [-0.3, -0.25) is 4.67 Å². The van der Waals surface area contributed by atoms with Crippen molar-refractivity contribution in [2.24, 2.45) is 4.74 Å². The molecule has 1 aliphatic heterocycles. The third-order valence-corrected chi connectivity index (χ3v) is 9.93. The first-order chi connectivity index (χ1) is 13.9. The predicted octanol–water partition coefficient (Wildman–Crippen LogP) is 4.96. The minimum absolute atomic E-state index is 0.0915. The van der Waals surface area contributed by atoms with Crippen molar-refractivity contribution in [3.8, 4) is 5.75 Å². The van der Waals surface area contributed by atoms with E-state index in [4.69, 9.17) is 26.4 Å². The minimum Gasteiger partial charge on any atom is -0.497 e. The molecule has 0 aromatic heterocycles. The minimum atomic E-state index is -2.18. The van der Waals surface area contributed by atoms with Gasteiger partial charge < -0.3 is 14.8 Å². The number of hydrogen-bond acceptors (Lipinski definition) is 3. The summed E-state index contributed by atoms with van der Waals surface area (Å²) in [5.41, 5.74) is 0.875. The summed E-state index contributed by atoms with van der Waals surface area (Å²) in [4.78, 5) is 0. The SMILES string of the molecule is COc1cccc(NC(=S)N=P(c2ccccc2)(N2CCOCC2)C(C)(C)C)c1. The van der Waals surface area contributed by atoms with Gasteiger partial charge in [0.05, 0.1) is 27.5 Å². The van der Waals surface area contributed by atoms with Crippen molar-refractivity contribution in [3.05, 3.63) is 54.6 Å².